The number of nitrogens with zero attached hydrogens (tertiary/aromatic N) is 5. The molecular weight excluding hydrogens is 443 g/mol. The van der Waals surface area contributed by atoms with Crippen molar-refractivity contribution in [1.29, 1.82) is 0 Å². The van der Waals surface area contributed by atoms with E-state index < -0.39 is 72.9 Å². The van der Waals surface area contributed by atoms with Crippen molar-refractivity contribution < 1.29 is 39.5 Å². The molecule has 0 aromatic carbocycles. The van der Waals surface area contributed by atoms with Crippen molar-refractivity contribution in [2.75, 3.05) is 24.0 Å². The molecule has 0 fully saturated rings. The minimum Gasteiger partial charge on any atom is -0.368 e. The van der Waals surface area contributed by atoms with E-state index in [0.717, 1.165) is 0 Å². The molecular formula is C13H11F9N6S. The molecule has 2 aromatic heterocycles. The van der Waals surface area contributed by atoms with Gasteiger partial charge in [0.2, 0.25) is 11.9 Å². The number of nitrogen functional groups attached to an aromatic ring is 1. The summed E-state index contributed by atoms with van der Waals surface area (Å²) in [6.45, 7) is -3.76. The van der Waals surface area contributed by atoms with Crippen molar-refractivity contribution in [3.05, 3.63) is 11.1 Å². The summed E-state index contributed by atoms with van der Waals surface area (Å²) in [5, 5.41) is 0.107. The summed E-state index contributed by atoms with van der Waals surface area (Å²) in [6.07, 6.45) is -11.9. The Morgan fingerprint density at radius 1 is 0.931 bits per heavy atom. The number of anilines is 2. The molecule has 0 amide bonds. The van der Waals surface area contributed by atoms with Gasteiger partial charge in [-0.05, 0) is 0 Å². The molecule has 0 saturated carbocycles. The van der Waals surface area contributed by atoms with Gasteiger partial charge in [-0.2, -0.15) is 28.1 Å². The average Bonchev–Trinajstić information content (AvgIpc) is 3.11. The zero-order chi connectivity index (χ0) is 21.9. The molecule has 0 radical (unpaired) electrons. The van der Waals surface area contributed by atoms with Crippen LogP contribution in [0, 0.1) is 0 Å². The molecule has 2 aromatic rings. The van der Waals surface area contributed by atoms with Crippen LogP contribution in [0.4, 0.5) is 51.4 Å². The van der Waals surface area contributed by atoms with E-state index in [9.17, 15) is 39.5 Å². The van der Waals surface area contributed by atoms with Crippen LogP contribution in [-0.2, 0) is 6.18 Å². The second kappa shape index (κ2) is 8.96. The summed E-state index contributed by atoms with van der Waals surface area (Å²) >= 11 is 0.397. The fourth-order valence-corrected chi connectivity index (χ4v) is 2.92. The van der Waals surface area contributed by atoms with Crippen molar-refractivity contribution in [2.45, 2.75) is 31.1 Å². The third-order valence-electron chi connectivity index (χ3n) is 3.47. The van der Waals surface area contributed by atoms with E-state index in [1.807, 2.05) is 0 Å². The number of hydrogen-bond acceptors (Lipinski definition) is 7. The summed E-state index contributed by atoms with van der Waals surface area (Å²) < 4.78 is 117. The van der Waals surface area contributed by atoms with Crippen molar-refractivity contribution in [2.24, 2.45) is 0 Å². The SMILES string of the molecule is Nc1nc(-c2nc(C(F)(F)F)cs2)nc(N(C(CF)C(F)F)C(CF)C(F)F)n1. The molecule has 0 aliphatic rings. The van der Waals surface area contributed by atoms with Gasteiger partial charge in [-0.1, -0.05) is 0 Å². The van der Waals surface area contributed by atoms with Gasteiger partial charge >= 0.3 is 6.18 Å². The number of hydrogen-bond donors (Lipinski definition) is 1. The second-order valence-corrected chi connectivity index (χ2v) is 6.23. The van der Waals surface area contributed by atoms with Gasteiger partial charge in [-0.25, -0.2) is 31.3 Å². The van der Waals surface area contributed by atoms with Crippen molar-refractivity contribution in [3.63, 3.8) is 0 Å². The van der Waals surface area contributed by atoms with E-state index in [1.54, 1.807) is 0 Å². The molecule has 0 aliphatic carbocycles. The Balaban J connectivity index is 2.58. The van der Waals surface area contributed by atoms with Crippen LogP contribution >= 0.6 is 11.3 Å². The number of thiazole rings is 1. The van der Waals surface area contributed by atoms with Gasteiger partial charge < -0.3 is 10.6 Å². The third kappa shape index (κ3) is 5.16. The Morgan fingerprint density at radius 2 is 1.48 bits per heavy atom. The first-order valence-corrected chi connectivity index (χ1v) is 8.38. The molecule has 0 saturated heterocycles. The molecule has 2 rings (SSSR count). The van der Waals surface area contributed by atoms with E-state index >= 15 is 0 Å². The van der Waals surface area contributed by atoms with E-state index in [-0.39, 0.29) is 4.90 Å². The Morgan fingerprint density at radius 3 is 1.90 bits per heavy atom. The van der Waals surface area contributed by atoms with Gasteiger partial charge in [0.25, 0.3) is 12.9 Å². The Labute approximate surface area is 160 Å². The molecule has 2 heterocycles. The first kappa shape index (κ1) is 22.9. The Hall–Kier alpha value is -2.39. The standard InChI is InChI=1S/C13H11F9N6S/c14-1-4(7(16)17)28(5(2-15)8(18)19)12-26-9(25-11(23)27-12)10-24-6(3-29-10)13(20,21)22/h3-5,7-8H,1-2H2,(H2,23,25,26,27). The lowest BCUT2D eigenvalue weighted by atomic mass is 10.2. The lowest BCUT2D eigenvalue weighted by Gasteiger charge is -2.34. The minimum atomic E-state index is -4.81. The van der Waals surface area contributed by atoms with Crippen LogP contribution in [0.1, 0.15) is 5.69 Å². The third-order valence-corrected chi connectivity index (χ3v) is 4.31. The van der Waals surface area contributed by atoms with Gasteiger partial charge in [0.15, 0.2) is 16.5 Å². The topological polar surface area (TPSA) is 80.8 Å². The maximum Gasteiger partial charge on any atom is 0.434 e. The summed E-state index contributed by atoms with van der Waals surface area (Å²) in [4.78, 5) is 13.5. The molecule has 16 heteroatoms. The van der Waals surface area contributed by atoms with E-state index in [1.165, 1.54) is 0 Å². The first-order valence-electron chi connectivity index (χ1n) is 7.50. The van der Waals surface area contributed by atoms with Crippen LogP contribution in [0.3, 0.4) is 0 Å². The van der Waals surface area contributed by atoms with Gasteiger partial charge in [0.05, 0.1) is 0 Å². The summed E-state index contributed by atoms with van der Waals surface area (Å²) in [7, 11) is 0. The smallest absolute Gasteiger partial charge is 0.368 e. The van der Waals surface area contributed by atoms with Crippen molar-refractivity contribution in [3.8, 4) is 10.8 Å². The highest BCUT2D eigenvalue weighted by Gasteiger charge is 2.40. The monoisotopic (exact) mass is 454 g/mol. The molecule has 162 valence electrons. The molecule has 0 aliphatic heterocycles. The normalized spacial score (nSPS) is 14.4. The fourth-order valence-electron chi connectivity index (χ4n) is 2.17. The Kier molecular flexibility index (Phi) is 7.07. The fraction of sp³-hybridized carbons (Fsp3) is 0.538. The molecule has 2 atom stereocenters. The van der Waals surface area contributed by atoms with Gasteiger partial charge in [-0.3, -0.25) is 0 Å². The predicted molar refractivity (Wildman–Crippen MR) is 84.4 cm³/mol. The quantitative estimate of drug-likeness (QED) is 0.614. The molecule has 6 nitrogen and oxygen atoms in total. The van der Waals surface area contributed by atoms with Crippen molar-refractivity contribution in [1.82, 2.24) is 19.9 Å². The van der Waals surface area contributed by atoms with Crippen LogP contribution in [-0.4, -0.2) is 58.2 Å². The predicted octanol–water partition coefficient (Wildman–Crippen LogP) is 3.61. The number of aromatic nitrogens is 4. The van der Waals surface area contributed by atoms with Crippen LogP contribution in [0.25, 0.3) is 10.8 Å². The lowest BCUT2D eigenvalue weighted by molar-refractivity contribution is -0.140. The summed E-state index contributed by atoms with van der Waals surface area (Å²) in [6, 6.07) is -5.14. The van der Waals surface area contributed by atoms with E-state index in [4.69, 9.17) is 5.73 Å². The average molecular weight is 454 g/mol. The highest BCUT2D eigenvalue weighted by molar-refractivity contribution is 7.13. The molecule has 29 heavy (non-hydrogen) atoms. The maximum absolute atomic E-state index is 13.2. The molecule has 0 bridgehead atoms. The van der Waals surface area contributed by atoms with Gasteiger partial charge in [0.1, 0.15) is 25.4 Å². The van der Waals surface area contributed by atoms with Gasteiger partial charge in [0, 0.05) is 5.38 Å². The van der Waals surface area contributed by atoms with E-state index in [2.05, 4.69) is 19.9 Å². The Bertz CT molecular complexity index is 798. The van der Waals surface area contributed by atoms with Crippen LogP contribution in [0.2, 0.25) is 0 Å². The minimum absolute atomic E-state index is 0.0881. The number of nitrogens with two attached hydrogens (primary N) is 1. The maximum atomic E-state index is 13.2. The van der Waals surface area contributed by atoms with Gasteiger partial charge in [-0.15, -0.1) is 11.3 Å². The number of halogens is 9. The van der Waals surface area contributed by atoms with E-state index in [0.29, 0.717) is 16.7 Å². The molecule has 0 spiro atoms. The molecule has 2 unspecified atom stereocenters. The number of alkyl halides is 9. The highest BCUT2D eigenvalue weighted by Crippen LogP contribution is 2.33. The van der Waals surface area contributed by atoms with Crippen LogP contribution in [0.15, 0.2) is 5.38 Å². The summed E-state index contributed by atoms with van der Waals surface area (Å²) in [5.74, 6) is -2.49. The lowest BCUT2D eigenvalue weighted by Crippen LogP contribution is -2.53. The van der Waals surface area contributed by atoms with Crippen LogP contribution in [0.5, 0.6) is 0 Å². The van der Waals surface area contributed by atoms with Crippen molar-refractivity contribution >= 4 is 23.2 Å². The second-order valence-electron chi connectivity index (χ2n) is 5.37. The molecule has 2 N–H and O–H groups in total. The van der Waals surface area contributed by atoms with Crippen LogP contribution < -0.4 is 10.6 Å². The summed E-state index contributed by atoms with van der Waals surface area (Å²) in [5.41, 5.74) is 4.04. The highest BCUT2D eigenvalue weighted by atomic mass is 32.1. The largest absolute Gasteiger partial charge is 0.434 e. The zero-order valence-corrected chi connectivity index (χ0v) is 14.7. The first-order chi connectivity index (χ1) is 13.5. The zero-order valence-electron chi connectivity index (χ0n) is 13.9. The number of rotatable bonds is 8.